The molecule has 3 rings (SSSR count). The lowest BCUT2D eigenvalue weighted by Gasteiger charge is -2.16. The molecule has 1 aromatic carbocycles. The number of rotatable bonds is 9. The normalized spacial score (nSPS) is 11.8. The highest BCUT2D eigenvalue weighted by Crippen LogP contribution is 2.29. The van der Waals surface area contributed by atoms with Gasteiger partial charge in [0.05, 0.1) is 12.3 Å². The van der Waals surface area contributed by atoms with Gasteiger partial charge >= 0.3 is 6.09 Å². The van der Waals surface area contributed by atoms with Crippen molar-refractivity contribution in [3.8, 4) is 0 Å². The van der Waals surface area contributed by atoms with Crippen molar-refractivity contribution in [3.63, 3.8) is 0 Å². The second-order valence-corrected chi connectivity index (χ2v) is 8.65. The van der Waals surface area contributed by atoms with Gasteiger partial charge in [-0.25, -0.2) is 4.79 Å². The zero-order chi connectivity index (χ0) is 22.5. The Labute approximate surface area is 184 Å². The first-order chi connectivity index (χ1) is 14.7. The highest BCUT2D eigenvalue weighted by Gasteiger charge is 2.14. The van der Waals surface area contributed by atoms with Gasteiger partial charge in [0, 0.05) is 42.0 Å². The van der Waals surface area contributed by atoms with Gasteiger partial charge in [0.1, 0.15) is 11.3 Å². The molecule has 0 saturated carbocycles. The van der Waals surface area contributed by atoms with Crippen LogP contribution in [-0.4, -0.2) is 47.0 Å². The average Bonchev–Trinajstić information content (AvgIpc) is 3.28. The van der Waals surface area contributed by atoms with Crippen LogP contribution in [0.1, 0.15) is 50.6 Å². The lowest BCUT2D eigenvalue weighted by molar-refractivity contribution is 0.130. The third-order valence-electron chi connectivity index (χ3n) is 5.29. The maximum atomic E-state index is 11.9. The van der Waals surface area contributed by atoms with E-state index in [0.29, 0.717) is 11.7 Å². The van der Waals surface area contributed by atoms with E-state index in [1.165, 1.54) is 11.1 Å². The molecule has 0 bridgehead atoms. The van der Waals surface area contributed by atoms with Crippen molar-refractivity contribution in [1.29, 1.82) is 0 Å². The molecule has 0 unspecified atom stereocenters. The van der Waals surface area contributed by atoms with Crippen molar-refractivity contribution in [3.05, 3.63) is 47.5 Å². The largest absolute Gasteiger partial charge is 0.461 e. The number of carbonyl (C=O) groups is 1. The number of likely N-dealkylation sites (N-methyl/N-ethyl adjacent to an activating group) is 1. The fourth-order valence-corrected chi connectivity index (χ4v) is 3.54. The van der Waals surface area contributed by atoms with Crippen molar-refractivity contribution >= 4 is 22.7 Å². The lowest BCUT2D eigenvalue weighted by Crippen LogP contribution is -2.23. The third kappa shape index (κ3) is 6.10. The molecule has 1 N–H and O–H groups in total. The fraction of sp³-hybridized carbons (Fsp3) is 0.500. The molecule has 0 aliphatic heterocycles. The number of furan rings is 1. The lowest BCUT2D eigenvalue weighted by atomic mass is 10.1. The average molecular weight is 427 g/mol. The van der Waals surface area contributed by atoms with Crippen molar-refractivity contribution in [2.24, 2.45) is 0 Å². The Kier molecular flexibility index (Phi) is 7.38. The number of ether oxygens (including phenoxy) is 1. The van der Waals surface area contributed by atoms with E-state index in [9.17, 15) is 4.79 Å². The van der Waals surface area contributed by atoms with Crippen LogP contribution in [-0.2, 0) is 17.6 Å². The minimum atomic E-state index is -0.448. The monoisotopic (exact) mass is 426 g/mol. The van der Waals surface area contributed by atoms with E-state index in [4.69, 9.17) is 9.15 Å². The highest BCUT2D eigenvalue weighted by atomic mass is 16.6. The van der Waals surface area contributed by atoms with Crippen molar-refractivity contribution in [1.82, 2.24) is 14.7 Å². The van der Waals surface area contributed by atoms with E-state index >= 15 is 0 Å². The predicted molar refractivity (Wildman–Crippen MR) is 124 cm³/mol. The van der Waals surface area contributed by atoms with Gasteiger partial charge in [-0.2, -0.15) is 5.10 Å². The Morgan fingerprint density at radius 1 is 1.23 bits per heavy atom. The standard InChI is InChI=1S/C24H34N4O3/c1-16(2)28-15-19(14-25-28)9-11-27(6)12-10-21-18(5)31-23-8-7-20(13-22(21)23)26-24(29)30-17(3)4/h7-8,13-17H,9-12H2,1-6H3,(H,26,29). The molecule has 0 aliphatic rings. The van der Waals surface area contributed by atoms with Gasteiger partial charge in [0.15, 0.2) is 0 Å². The summed E-state index contributed by atoms with van der Waals surface area (Å²) >= 11 is 0. The molecule has 0 atom stereocenters. The molecule has 7 heteroatoms. The molecule has 2 aromatic heterocycles. The molecule has 0 radical (unpaired) electrons. The van der Waals surface area contributed by atoms with Crippen LogP contribution in [0.2, 0.25) is 0 Å². The summed E-state index contributed by atoms with van der Waals surface area (Å²) in [6.45, 7) is 11.8. The maximum absolute atomic E-state index is 11.9. The SMILES string of the molecule is Cc1oc2ccc(NC(=O)OC(C)C)cc2c1CCN(C)CCc1cnn(C(C)C)c1. The summed E-state index contributed by atoms with van der Waals surface area (Å²) in [4.78, 5) is 14.2. The van der Waals surface area contributed by atoms with Gasteiger partial charge < -0.3 is 14.1 Å². The first-order valence-electron chi connectivity index (χ1n) is 10.9. The van der Waals surface area contributed by atoms with Gasteiger partial charge in [0.25, 0.3) is 0 Å². The molecule has 168 valence electrons. The summed E-state index contributed by atoms with van der Waals surface area (Å²) in [5.41, 5.74) is 3.97. The van der Waals surface area contributed by atoms with Crippen molar-refractivity contribution in [2.45, 2.75) is 59.6 Å². The summed E-state index contributed by atoms with van der Waals surface area (Å²) in [7, 11) is 2.14. The quantitative estimate of drug-likeness (QED) is 0.510. The number of nitrogens with one attached hydrogen (secondary N) is 1. The van der Waals surface area contributed by atoms with E-state index in [-0.39, 0.29) is 6.10 Å². The van der Waals surface area contributed by atoms with Crippen LogP contribution < -0.4 is 5.32 Å². The van der Waals surface area contributed by atoms with E-state index in [2.05, 4.69) is 42.4 Å². The molecule has 0 fully saturated rings. The van der Waals surface area contributed by atoms with Crippen molar-refractivity contribution < 1.29 is 13.9 Å². The van der Waals surface area contributed by atoms with E-state index < -0.39 is 6.09 Å². The molecule has 0 aliphatic carbocycles. The second-order valence-electron chi connectivity index (χ2n) is 8.65. The number of anilines is 1. The van der Waals surface area contributed by atoms with E-state index in [1.807, 2.05) is 49.8 Å². The number of hydrogen-bond acceptors (Lipinski definition) is 5. The minimum Gasteiger partial charge on any atom is -0.461 e. The number of fused-ring (bicyclic) bond motifs is 1. The zero-order valence-corrected chi connectivity index (χ0v) is 19.4. The van der Waals surface area contributed by atoms with Crippen molar-refractivity contribution in [2.75, 3.05) is 25.5 Å². The Hall–Kier alpha value is -2.80. The van der Waals surface area contributed by atoms with Crippen LogP contribution in [0.15, 0.2) is 35.0 Å². The molecule has 2 heterocycles. The third-order valence-corrected chi connectivity index (χ3v) is 5.29. The number of hydrogen-bond donors (Lipinski definition) is 1. The molecule has 7 nitrogen and oxygen atoms in total. The van der Waals surface area contributed by atoms with E-state index in [0.717, 1.165) is 42.7 Å². The summed E-state index contributed by atoms with van der Waals surface area (Å²) in [6.07, 6.45) is 5.33. The van der Waals surface area contributed by atoms with Crippen LogP contribution in [0.3, 0.4) is 0 Å². The summed E-state index contributed by atoms with van der Waals surface area (Å²) in [6, 6.07) is 6.08. The van der Waals surface area contributed by atoms with Gasteiger partial charge in [0.2, 0.25) is 0 Å². The molecule has 31 heavy (non-hydrogen) atoms. The highest BCUT2D eigenvalue weighted by molar-refractivity contribution is 5.91. The number of aromatic nitrogens is 2. The molecule has 1 amide bonds. The number of aryl methyl sites for hydroxylation is 1. The summed E-state index contributed by atoms with van der Waals surface area (Å²) < 4.78 is 13.1. The predicted octanol–water partition coefficient (Wildman–Crippen LogP) is 5.19. The fourth-order valence-electron chi connectivity index (χ4n) is 3.54. The van der Waals surface area contributed by atoms with Crippen LogP contribution in [0.5, 0.6) is 0 Å². The van der Waals surface area contributed by atoms with Gasteiger partial charge in [-0.1, -0.05) is 0 Å². The van der Waals surface area contributed by atoms with E-state index in [1.54, 1.807) is 0 Å². The van der Waals surface area contributed by atoms with Gasteiger partial charge in [-0.3, -0.25) is 10.00 Å². The van der Waals surface area contributed by atoms with Crippen LogP contribution in [0.25, 0.3) is 11.0 Å². The second kappa shape index (κ2) is 10.0. The van der Waals surface area contributed by atoms with Crippen LogP contribution in [0, 0.1) is 6.92 Å². The first-order valence-corrected chi connectivity index (χ1v) is 10.9. The van der Waals surface area contributed by atoms with Crippen LogP contribution >= 0.6 is 0 Å². The number of carbonyl (C=O) groups excluding carboxylic acids is 1. The van der Waals surface area contributed by atoms with Crippen LogP contribution in [0.4, 0.5) is 10.5 Å². The molecular formula is C24H34N4O3. The molecule has 0 saturated heterocycles. The van der Waals surface area contributed by atoms with Gasteiger partial charge in [-0.05, 0) is 78.3 Å². The Balaban J connectivity index is 1.61. The molecular weight excluding hydrogens is 392 g/mol. The molecule has 0 spiro atoms. The Morgan fingerprint density at radius 2 is 1.97 bits per heavy atom. The first kappa shape index (κ1) is 22.9. The maximum Gasteiger partial charge on any atom is 0.411 e. The minimum absolute atomic E-state index is 0.161. The summed E-state index contributed by atoms with van der Waals surface area (Å²) in [5.74, 6) is 0.920. The topological polar surface area (TPSA) is 72.5 Å². The number of benzene rings is 1. The molecule has 3 aromatic rings. The zero-order valence-electron chi connectivity index (χ0n) is 19.4. The Morgan fingerprint density at radius 3 is 2.65 bits per heavy atom. The van der Waals surface area contributed by atoms with Gasteiger partial charge in [-0.15, -0.1) is 0 Å². The summed E-state index contributed by atoms with van der Waals surface area (Å²) in [5, 5.41) is 8.24. The Bertz CT molecular complexity index is 1020. The smallest absolute Gasteiger partial charge is 0.411 e. The number of amides is 1. The number of nitrogens with zero attached hydrogens (tertiary/aromatic N) is 3.